The molecule has 0 aromatic heterocycles. The molecule has 0 saturated heterocycles. The number of aryl methyl sites for hydroxylation is 2. The molecule has 0 atom stereocenters. The Labute approximate surface area is 257 Å². The van der Waals surface area contributed by atoms with E-state index < -0.39 is 0 Å². The Bertz CT molecular complexity index is 655. The Morgan fingerprint density at radius 1 is 0.457 bits per heavy atom. The second kappa shape index (κ2) is 25.3. The minimum atomic E-state index is 0. The second-order valence-electron chi connectivity index (χ2n) is 9.74. The van der Waals surface area contributed by atoms with Crippen LogP contribution < -0.4 is 10.2 Å². The van der Waals surface area contributed by atoms with Crippen LogP contribution in [0.5, 0.6) is 11.5 Å². The van der Waals surface area contributed by atoms with Gasteiger partial charge in [0.1, 0.15) is 0 Å². The van der Waals surface area contributed by atoms with E-state index in [2.05, 4.69) is 26.0 Å². The van der Waals surface area contributed by atoms with E-state index in [1.807, 2.05) is 12.1 Å². The molecule has 3 heteroatoms. The van der Waals surface area contributed by atoms with Gasteiger partial charge in [-0.2, -0.15) is 0 Å². The zero-order valence-corrected chi connectivity index (χ0v) is 27.3. The standard InChI is InChI=1S/2C16H26O.Ba/c2*1-2-3-4-5-6-7-8-9-11-15-12-10-13-16(17)14-15;/h2*10,12-14,17H,2-9,11H2,1H3;/q;;+2/p-2. The van der Waals surface area contributed by atoms with Crippen molar-refractivity contribution in [2.75, 3.05) is 0 Å². The van der Waals surface area contributed by atoms with Gasteiger partial charge in [-0.1, -0.05) is 152 Å². The first-order valence-electron chi connectivity index (χ1n) is 14.2. The van der Waals surface area contributed by atoms with Crippen molar-refractivity contribution in [3.63, 3.8) is 0 Å². The van der Waals surface area contributed by atoms with Gasteiger partial charge in [-0.05, 0) is 36.8 Å². The molecule has 0 aliphatic heterocycles. The maximum atomic E-state index is 11.1. The van der Waals surface area contributed by atoms with Gasteiger partial charge in [0, 0.05) is 0 Å². The van der Waals surface area contributed by atoms with Gasteiger partial charge in [0.15, 0.2) is 0 Å². The van der Waals surface area contributed by atoms with Crippen LogP contribution in [0, 0.1) is 0 Å². The van der Waals surface area contributed by atoms with Crippen molar-refractivity contribution in [1.29, 1.82) is 0 Å². The van der Waals surface area contributed by atoms with E-state index >= 15 is 0 Å². The van der Waals surface area contributed by atoms with Crippen LogP contribution in [-0.2, 0) is 12.8 Å². The van der Waals surface area contributed by atoms with E-state index in [1.165, 1.54) is 114 Å². The normalized spacial score (nSPS) is 10.3. The van der Waals surface area contributed by atoms with Crippen molar-refractivity contribution >= 4 is 48.9 Å². The number of hydrogen-bond donors (Lipinski definition) is 0. The quantitative estimate of drug-likeness (QED) is 0.127. The Kier molecular flexibility index (Phi) is 25.0. The summed E-state index contributed by atoms with van der Waals surface area (Å²) in [6, 6.07) is 14.6. The minimum Gasteiger partial charge on any atom is -0.872 e. The molecule has 192 valence electrons. The molecule has 35 heavy (non-hydrogen) atoms. The number of rotatable bonds is 18. The Morgan fingerprint density at radius 2 is 0.771 bits per heavy atom. The van der Waals surface area contributed by atoms with Crippen molar-refractivity contribution in [3.05, 3.63) is 59.7 Å². The predicted molar refractivity (Wildman–Crippen MR) is 150 cm³/mol. The van der Waals surface area contributed by atoms with Crippen molar-refractivity contribution in [2.24, 2.45) is 0 Å². The Balaban J connectivity index is 0.000000642. The summed E-state index contributed by atoms with van der Waals surface area (Å²) in [5.41, 5.74) is 2.40. The molecule has 0 aliphatic rings. The van der Waals surface area contributed by atoms with Crippen LogP contribution in [0.4, 0.5) is 0 Å². The van der Waals surface area contributed by atoms with E-state index in [0.29, 0.717) is 0 Å². The molecule has 0 unspecified atom stereocenters. The van der Waals surface area contributed by atoms with Gasteiger partial charge < -0.3 is 10.2 Å². The molecule has 0 amide bonds. The van der Waals surface area contributed by atoms with Gasteiger partial charge in [0.05, 0.1) is 0 Å². The molecular weight excluding hydrogens is 554 g/mol. The van der Waals surface area contributed by atoms with Crippen molar-refractivity contribution in [2.45, 2.75) is 129 Å². The summed E-state index contributed by atoms with van der Waals surface area (Å²) < 4.78 is 0. The molecule has 0 aliphatic carbocycles. The Morgan fingerprint density at radius 3 is 1.09 bits per heavy atom. The van der Waals surface area contributed by atoms with Gasteiger partial charge in [0.2, 0.25) is 0 Å². The van der Waals surface area contributed by atoms with E-state index in [-0.39, 0.29) is 60.4 Å². The fourth-order valence-corrected chi connectivity index (χ4v) is 4.33. The summed E-state index contributed by atoms with van der Waals surface area (Å²) in [4.78, 5) is 0. The van der Waals surface area contributed by atoms with Crippen LogP contribution >= 0.6 is 0 Å². The first-order chi connectivity index (χ1) is 16.7. The van der Waals surface area contributed by atoms with Gasteiger partial charge in [-0.15, -0.1) is 11.5 Å². The van der Waals surface area contributed by atoms with Crippen molar-refractivity contribution < 1.29 is 10.2 Å². The van der Waals surface area contributed by atoms with E-state index in [0.717, 1.165) is 12.8 Å². The molecule has 0 N–H and O–H groups in total. The molecular formula is C32H50BaO2. The smallest absolute Gasteiger partial charge is 0.872 e. The molecule has 0 radical (unpaired) electrons. The number of benzene rings is 2. The molecule has 0 bridgehead atoms. The third-order valence-corrected chi connectivity index (χ3v) is 6.43. The SMILES string of the molecule is CCCCCCCCCCc1cccc([O-])c1.CCCCCCCCCCc1cccc([O-])c1.[Ba+2]. The molecule has 2 rings (SSSR count). The number of hydrogen-bond acceptors (Lipinski definition) is 2. The van der Waals surface area contributed by atoms with Crippen LogP contribution in [-0.4, -0.2) is 48.9 Å². The molecule has 2 nitrogen and oxygen atoms in total. The monoisotopic (exact) mass is 604 g/mol. The van der Waals surface area contributed by atoms with E-state index in [4.69, 9.17) is 0 Å². The van der Waals surface area contributed by atoms with Crippen molar-refractivity contribution in [3.8, 4) is 11.5 Å². The average Bonchev–Trinajstić information content (AvgIpc) is 2.83. The minimum absolute atomic E-state index is 0. The summed E-state index contributed by atoms with van der Waals surface area (Å²) >= 11 is 0. The molecule has 0 fully saturated rings. The topological polar surface area (TPSA) is 46.1 Å². The maximum absolute atomic E-state index is 11.1. The Hall–Kier alpha value is -0.389. The molecule has 0 heterocycles. The second-order valence-corrected chi connectivity index (χ2v) is 9.74. The van der Waals surface area contributed by atoms with Gasteiger partial charge in [-0.25, -0.2) is 0 Å². The predicted octanol–water partition coefficient (Wildman–Crippen LogP) is 8.51. The van der Waals surface area contributed by atoms with E-state index in [9.17, 15) is 10.2 Å². The fraction of sp³-hybridized carbons (Fsp3) is 0.625. The fourth-order valence-electron chi connectivity index (χ4n) is 4.33. The maximum Gasteiger partial charge on any atom is 2.00 e. The van der Waals surface area contributed by atoms with Gasteiger partial charge in [0.25, 0.3) is 0 Å². The third kappa shape index (κ3) is 21.4. The first-order valence-corrected chi connectivity index (χ1v) is 14.2. The number of unbranched alkanes of at least 4 members (excludes halogenated alkanes) is 14. The molecule has 0 saturated carbocycles. The van der Waals surface area contributed by atoms with Crippen LogP contribution in [0.2, 0.25) is 0 Å². The summed E-state index contributed by atoms with van der Waals surface area (Å²) in [5.74, 6) is 0.282. The summed E-state index contributed by atoms with van der Waals surface area (Å²) in [5, 5.41) is 22.3. The zero-order chi connectivity index (χ0) is 24.7. The van der Waals surface area contributed by atoms with Crippen molar-refractivity contribution in [1.82, 2.24) is 0 Å². The molecule has 2 aromatic carbocycles. The van der Waals surface area contributed by atoms with Crippen LogP contribution in [0.1, 0.15) is 128 Å². The molecule has 2 aromatic rings. The average molecular weight is 604 g/mol. The molecule has 0 spiro atoms. The van der Waals surface area contributed by atoms with E-state index in [1.54, 1.807) is 24.3 Å². The third-order valence-electron chi connectivity index (χ3n) is 6.43. The summed E-state index contributed by atoms with van der Waals surface area (Å²) in [6.07, 6.45) is 23.6. The first kappa shape index (κ1) is 34.6. The van der Waals surface area contributed by atoms with Gasteiger partial charge in [-0.3, -0.25) is 0 Å². The summed E-state index contributed by atoms with van der Waals surface area (Å²) in [6.45, 7) is 4.51. The van der Waals surface area contributed by atoms with Gasteiger partial charge >= 0.3 is 48.9 Å². The van der Waals surface area contributed by atoms with Crippen LogP contribution in [0.3, 0.4) is 0 Å². The van der Waals surface area contributed by atoms with Crippen LogP contribution in [0.25, 0.3) is 0 Å². The zero-order valence-electron chi connectivity index (χ0n) is 22.9. The van der Waals surface area contributed by atoms with Crippen LogP contribution in [0.15, 0.2) is 48.5 Å². The largest absolute Gasteiger partial charge is 2.00 e. The summed E-state index contributed by atoms with van der Waals surface area (Å²) in [7, 11) is 0.